The van der Waals surface area contributed by atoms with Crippen molar-refractivity contribution in [1.29, 1.82) is 0 Å². The van der Waals surface area contributed by atoms with Crippen LogP contribution in [0.1, 0.15) is 24.8 Å². The summed E-state index contributed by atoms with van der Waals surface area (Å²) in [7, 11) is 0. The molecule has 2 rings (SSSR count). The van der Waals surface area contributed by atoms with E-state index in [0.717, 1.165) is 12.5 Å². The highest BCUT2D eigenvalue weighted by molar-refractivity contribution is 6.33. The standard InChI is InChI=1S/C12H13ClF3NO/c13-8-4-1-3-7(12(14,15)16)11(8)17-9-5-2-6-10(9)18/h1,3-4,9-10,17-18H,2,5-6H2/t9-,10-/m1/s1. The molecule has 0 amide bonds. The number of hydrogen-bond acceptors (Lipinski definition) is 2. The van der Waals surface area contributed by atoms with Crippen molar-refractivity contribution < 1.29 is 18.3 Å². The number of aliphatic hydroxyl groups excluding tert-OH is 1. The average molecular weight is 280 g/mol. The van der Waals surface area contributed by atoms with Gasteiger partial charge in [-0.1, -0.05) is 17.7 Å². The van der Waals surface area contributed by atoms with Crippen molar-refractivity contribution in [3.63, 3.8) is 0 Å². The van der Waals surface area contributed by atoms with Crippen LogP contribution in [-0.2, 0) is 6.18 Å². The molecule has 18 heavy (non-hydrogen) atoms. The Hall–Kier alpha value is -0.940. The van der Waals surface area contributed by atoms with Gasteiger partial charge in [-0.3, -0.25) is 0 Å². The summed E-state index contributed by atoms with van der Waals surface area (Å²) >= 11 is 5.82. The van der Waals surface area contributed by atoms with Crippen molar-refractivity contribution in [2.45, 2.75) is 37.6 Å². The van der Waals surface area contributed by atoms with Crippen molar-refractivity contribution in [2.24, 2.45) is 0 Å². The first-order chi connectivity index (χ1) is 8.39. The van der Waals surface area contributed by atoms with Gasteiger partial charge in [0.15, 0.2) is 0 Å². The molecule has 0 spiro atoms. The van der Waals surface area contributed by atoms with E-state index < -0.39 is 17.8 Å². The van der Waals surface area contributed by atoms with Crippen molar-refractivity contribution in [3.8, 4) is 0 Å². The summed E-state index contributed by atoms with van der Waals surface area (Å²) in [5.74, 6) is 0. The number of anilines is 1. The second kappa shape index (κ2) is 4.97. The molecular formula is C12H13ClF3NO. The van der Waals surface area contributed by atoms with Gasteiger partial charge in [0, 0.05) is 0 Å². The zero-order valence-electron chi connectivity index (χ0n) is 9.47. The normalized spacial score (nSPS) is 24.3. The monoisotopic (exact) mass is 279 g/mol. The second-order valence-corrected chi connectivity index (χ2v) is 4.82. The van der Waals surface area contributed by atoms with Crippen LogP contribution in [0.25, 0.3) is 0 Å². The minimum Gasteiger partial charge on any atom is -0.391 e. The molecule has 1 fully saturated rings. The zero-order chi connectivity index (χ0) is 13.3. The van der Waals surface area contributed by atoms with Crippen LogP contribution in [0.5, 0.6) is 0 Å². The lowest BCUT2D eigenvalue weighted by Crippen LogP contribution is -2.29. The Morgan fingerprint density at radius 1 is 1.28 bits per heavy atom. The van der Waals surface area contributed by atoms with Gasteiger partial charge in [-0.2, -0.15) is 13.2 Å². The van der Waals surface area contributed by atoms with Crippen LogP contribution in [0.3, 0.4) is 0 Å². The largest absolute Gasteiger partial charge is 0.418 e. The van der Waals surface area contributed by atoms with Crippen LogP contribution in [0.15, 0.2) is 18.2 Å². The lowest BCUT2D eigenvalue weighted by Gasteiger charge is -2.22. The Balaban J connectivity index is 2.31. The highest BCUT2D eigenvalue weighted by Gasteiger charge is 2.36. The third-order valence-electron chi connectivity index (χ3n) is 3.13. The van der Waals surface area contributed by atoms with E-state index in [9.17, 15) is 18.3 Å². The molecule has 1 aromatic carbocycles. The van der Waals surface area contributed by atoms with Crippen LogP contribution >= 0.6 is 11.6 Å². The molecule has 1 aliphatic carbocycles. The van der Waals surface area contributed by atoms with E-state index in [0.29, 0.717) is 12.8 Å². The Kier molecular flexibility index (Phi) is 3.73. The van der Waals surface area contributed by atoms with E-state index in [1.807, 2.05) is 0 Å². The van der Waals surface area contributed by atoms with Crippen molar-refractivity contribution in [3.05, 3.63) is 28.8 Å². The third-order valence-corrected chi connectivity index (χ3v) is 3.44. The van der Waals surface area contributed by atoms with Gasteiger partial charge in [-0.05, 0) is 31.4 Å². The average Bonchev–Trinajstić information content (AvgIpc) is 2.66. The molecule has 1 saturated carbocycles. The molecule has 1 aromatic rings. The van der Waals surface area contributed by atoms with Crippen LogP contribution in [0, 0.1) is 0 Å². The first kappa shape index (κ1) is 13.5. The van der Waals surface area contributed by atoms with Gasteiger partial charge >= 0.3 is 6.18 Å². The number of benzene rings is 1. The van der Waals surface area contributed by atoms with E-state index in [-0.39, 0.29) is 16.8 Å². The highest BCUT2D eigenvalue weighted by Crippen LogP contribution is 2.39. The van der Waals surface area contributed by atoms with E-state index in [4.69, 9.17) is 11.6 Å². The molecule has 2 N–H and O–H groups in total. The molecule has 0 aromatic heterocycles. The molecule has 0 radical (unpaired) electrons. The van der Waals surface area contributed by atoms with Gasteiger partial charge in [0.2, 0.25) is 0 Å². The summed E-state index contributed by atoms with van der Waals surface area (Å²) in [6.07, 6.45) is -3.04. The number of hydrogen-bond donors (Lipinski definition) is 2. The second-order valence-electron chi connectivity index (χ2n) is 4.41. The van der Waals surface area contributed by atoms with E-state index >= 15 is 0 Å². The maximum absolute atomic E-state index is 12.8. The lowest BCUT2D eigenvalue weighted by molar-refractivity contribution is -0.137. The summed E-state index contributed by atoms with van der Waals surface area (Å²) in [6, 6.07) is 3.28. The summed E-state index contributed by atoms with van der Waals surface area (Å²) in [5.41, 5.74) is -0.938. The SMILES string of the molecule is O[C@@H]1CCC[C@H]1Nc1c(Cl)cccc1C(F)(F)F. The Morgan fingerprint density at radius 3 is 2.56 bits per heavy atom. The smallest absolute Gasteiger partial charge is 0.391 e. The third kappa shape index (κ3) is 2.72. The molecule has 6 heteroatoms. The molecule has 0 unspecified atom stereocenters. The van der Waals surface area contributed by atoms with Crippen molar-refractivity contribution in [1.82, 2.24) is 0 Å². The van der Waals surface area contributed by atoms with Gasteiger partial charge in [-0.25, -0.2) is 0 Å². The number of halogens is 4. The molecule has 1 aliphatic rings. The zero-order valence-corrected chi connectivity index (χ0v) is 10.2. The van der Waals surface area contributed by atoms with Crippen molar-refractivity contribution >= 4 is 17.3 Å². The van der Waals surface area contributed by atoms with Gasteiger partial charge in [0.25, 0.3) is 0 Å². The molecule has 2 nitrogen and oxygen atoms in total. The fourth-order valence-electron chi connectivity index (χ4n) is 2.20. The Labute approximate surface area is 108 Å². The Bertz CT molecular complexity index is 436. The van der Waals surface area contributed by atoms with Crippen LogP contribution in [0.2, 0.25) is 5.02 Å². The lowest BCUT2D eigenvalue weighted by atomic mass is 10.1. The predicted molar refractivity (Wildman–Crippen MR) is 63.7 cm³/mol. The van der Waals surface area contributed by atoms with E-state index in [2.05, 4.69) is 5.32 Å². The van der Waals surface area contributed by atoms with E-state index in [1.54, 1.807) is 0 Å². The van der Waals surface area contributed by atoms with Gasteiger partial charge in [0.05, 0.1) is 28.4 Å². The first-order valence-electron chi connectivity index (χ1n) is 5.70. The number of aliphatic hydroxyl groups is 1. The summed E-state index contributed by atoms with van der Waals surface area (Å²) in [4.78, 5) is 0. The highest BCUT2D eigenvalue weighted by atomic mass is 35.5. The molecule has 0 saturated heterocycles. The fourth-order valence-corrected chi connectivity index (χ4v) is 2.43. The quantitative estimate of drug-likeness (QED) is 0.865. The summed E-state index contributed by atoms with van der Waals surface area (Å²) in [5, 5.41) is 12.4. The van der Waals surface area contributed by atoms with Crippen LogP contribution < -0.4 is 5.32 Å². The molecule has 0 heterocycles. The molecule has 0 aliphatic heterocycles. The maximum Gasteiger partial charge on any atom is 0.418 e. The number of alkyl halides is 3. The molecular weight excluding hydrogens is 267 g/mol. The summed E-state index contributed by atoms with van der Waals surface area (Å²) < 4.78 is 38.5. The fraction of sp³-hybridized carbons (Fsp3) is 0.500. The van der Waals surface area contributed by atoms with Crippen LogP contribution in [0.4, 0.5) is 18.9 Å². The first-order valence-corrected chi connectivity index (χ1v) is 6.07. The van der Waals surface area contributed by atoms with Gasteiger partial charge in [0.1, 0.15) is 0 Å². The maximum atomic E-state index is 12.8. The van der Waals surface area contributed by atoms with Crippen molar-refractivity contribution in [2.75, 3.05) is 5.32 Å². The molecule has 100 valence electrons. The Morgan fingerprint density at radius 2 is 2.00 bits per heavy atom. The number of nitrogens with one attached hydrogen (secondary N) is 1. The predicted octanol–water partition coefficient (Wildman–Crippen LogP) is 3.68. The van der Waals surface area contributed by atoms with Crippen LogP contribution in [-0.4, -0.2) is 17.3 Å². The number of rotatable bonds is 2. The minimum atomic E-state index is -4.46. The topological polar surface area (TPSA) is 32.3 Å². The van der Waals surface area contributed by atoms with Gasteiger partial charge in [-0.15, -0.1) is 0 Å². The molecule has 0 bridgehead atoms. The summed E-state index contributed by atoms with van der Waals surface area (Å²) in [6.45, 7) is 0. The van der Waals surface area contributed by atoms with Gasteiger partial charge < -0.3 is 10.4 Å². The molecule has 2 atom stereocenters. The minimum absolute atomic E-state index is 0.0175. The van der Waals surface area contributed by atoms with E-state index in [1.165, 1.54) is 12.1 Å². The number of para-hydroxylation sites is 1.